The molecule has 14 heavy (non-hydrogen) atoms. The van der Waals surface area contributed by atoms with E-state index in [1.54, 1.807) is 4.57 Å². The number of carbonyl (C=O) groups excluding carboxylic acids is 1. The Morgan fingerprint density at radius 3 is 3.36 bits per heavy atom. The Morgan fingerprint density at radius 1 is 1.64 bits per heavy atom. The highest BCUT2D eigenvalue weighted by molar-refractivity contribution is 7.71. The predicted molar refractivity (Wildman–Crippen MR) is 57.1 cm³/mol. The molecule has 0 aliphatic carbocycles. The van der Waals surface area contributed by atoms with E-state index >= 15 is 0 Å². The highest BCUT2D eigenvalue weighted by atomic mass is 32.1. The van der Waals surface area contributed by atoms with E-state index in [0.717, 1.165) is 16.0 Å². The van der Waals surface area contributed by atoms with Gasteiger partial charge >= 0.3 is 0 Å². The van der Waals surface area contributed by atoms with E-state index in [0.29, 0.717) is 4.77 Å². The number of hydrogen-bond acceptors (Lipinski definition) is 4. The molecule has 0 saturated heterocycles. The van der Waals surface area contributed by atoms with Crippen LogP contribution in [0.25, 0.3) is 10.2 Å². The van der Waals surface area contributed by atoms with Crippen molar-refractivity contribution in [2.75, 3.05) is 5.32 Å². The van der Waals surface area contributed by atoms with Crippen LogP contribution in [0.1, 0.15) is 0 Å². The lowest BCUT2D eigenvalue weighted by atomic mass is 10.4. The largest absolute Gasteiger partial charge is 0.310 e. The van der Waals surface area contributed by atoms with Crippen LogP contribution in [0.5, 0.6) is 0 Å². The molecular formula is C8H5N3OS2. The van der Waals surface area contributed by atoms with E-state index in [9.17, 15) is 4.79 Å². The van der Waals surface area contributed by atoms with Crippen LogP contribution in [-0.4, -0.2) is 15.5 Å². The van der Waals surface area contributed by atoms with Crippen molar-refractivity contribution in [2.24, 2.45) is 0 Å². The standard InChI is InChI=1S/C8H5N3OS2/c12-5-3-11-6(9-5)4-1-2-14-7(4)10-8(11)13/h1-2H,3H2,(H,9,12). The Balaban J connectivity index is 2.50. The van der Waals surface area contributed by atoms with Crippen LogP contribution in [0, 0.1) is 4.77 Å². The van der Waals surface area contributed by atoms with Gasteiger partial charge in [0.1, 0.15) is 17.2 Å². The van der Waals surface area contributed by atoms with Crippen LogP contribution in [-0.2, 0) is 11.3 Å². The van der Waals surface area contributed by atoms with Gasteiger partial charge in [-0.1, -0.05) is 0 Å². The summed E-state index contributed by atoms with van der Waals surface area (Å²) in [4.78, 5) is 16.3. The summed E-state index contributed by atoms with van der Waals surface area (Å²) in [7, 11) is 0. The third kappa shape index (κ3) is 0.948. The molecule has 3 heterocycles. The van der Waals surface area contributed by atoms with Crippen LogP contribution < -0.4 is 5.32 Å². The van der Waals surface area contributed by atoms with Crippen molar-refractivity contribution in [2.45, 2.75) is 6.54 Å². The first-order valence-corrected chi connectivity index (χ1v) is 5.32. The lowest BCUT2D eigenvalue weighted by molar-refractivity contribution is -0.115. The van der Waals surface area contributed by atoms with Crippen LogP contribution >= 0.6 is 23.6 Å². The molecule has 1 aliphatic heterocycles. The minimum Gasteiger partial charge on any atom is -0.310 e. The van der Waals surface area contributed by atoms with Crippen molar-refractivity contribution >= 4 is 45.5 Å². The van der Waals surface area contributed by atoms with Gasteiger partial charge < -0.3 is 5.32 Å². The first-order chi connectivity index (χ1) is 6.75. The zero-order chi connectivity index (χ0) is 9.71. The summed E-state index contributed by atoms with van der Waals surface area (Å²) in [6.07, 6.45) is 0. The normalized spacial score (nSPS) is 14.4. The lowest BCUT2D eigenvalue weighted by Crippen LogP contribution is -2.04. The SMILES string of the molecule is O=C1Cn2c(c3ccsc3nc2=S)N1. The molecule has 0 atom stereocenters. The number of hydrogen-bond donors (Lipinski definition) is 1. The Labute approximate surface area is 88.2 Å². The molecule has 0 aromatic carbocycles. The molecule has 6 heteroatoms. The molecule has 1 N–H and O–H groups in total. The molecular weight excluding hydrogens is 218 g/mol. The van der Waals surface area contributed by atoms with Gasteiger partial charge in [-0.15, -0.1) is 11.3 Å². The molecule has 2 aromatic heterocycles. The van der Waals surface area contributed by atoms with E-state index < -0.39 is 0 Å². The van der Waals surface area contributed by atoms with Crippen LogP contribution in [0.2, 0.25) is 0 Å². The van der Waals surface area contributed by atoms with E-state index in [-0.39, 0.29) is 12.5 Å². The highest BCUT2D eigenvalue weighted by Gasteiger charge is 2.20. The van der Waals surface area contributed by atoms with Crippen LogP contribution in [0.4, 0.5) is 5.82 Å². The van der Waals surface area contributed by atoms with Crippen molar-refractivity contribution < 1.29 is 4.79 Å². The molecule has 0 fully saturated rings. The molecule has 1 amide bonds. The molecule has 4 nitrogen and oxygen atoms in total. The quantitative estimate of drug-likeness (QED) is 0.692. The van der Waals surface area contributed by atoms with Gasteiger partial charge in [-0.2, -0.15) is 0 Å². The van der Waals surface area contributed by atoms with E-state index in [2.05, 4.69) is 10.3 Å². The Morgan fingerprint density at radius 2 is 2.50 bits per heavy atom. The summed E-state index contributed by atoms with van der Waals surface area (Å²) >= 11 is 6.62. The Kier molecular flexibility index (Phi) is 1.51. The maximum atomic E-state index is 11.2. The minimum atomic E-state index is -0.0309. The number of nitrogens with zero attached hydrogens (tertiary/aromatic N) is 2. The topological polar surface area (TPSA) is 46.9 Å². The molecule has 0 bridgehead atoms. The van der Waals surface area contributed by atoms with Gasteiger partial charge in [0.25, 0.3) is 0 Å². The summed E-state index contributed by atoms with van der Waals surface area (Å²) in [6, 6.07) is 1.94. The Hall–Kier alpha value is -1.27. The first-order valence-electron chi connectivity index (χ1n) is 4.03. The van der Waals surface area contributed by atoms with Gasteiger partial charge in [0.15, 0.2) is 0 Å². The average Bonchev–Trinajstić information content (AvgIpc) is 2.69. The van der Waals surface area contributed by atoms with Gasteiger partial charge in [-0.05, 0) is 23.7 Å². The maximum Gasteiger partial charge on any atom is 0.245 e. The van der Waals surface area contributed by atoms with Crippen molar-refractivity contribution in [1.29, 1.82) is 0 Å². The monoisotopic (exact) mass is 223 g/mol. The molecule has 0 saturated carbocycles. The summed E-state index contributed by atoms with van der Waals surface area (Å²) < 4.78 is 2.19. The molecule has 0 unspecified atom stereocenters. The second-order valence-electron chi connectivity index (χ2n) is 3.02. The number of aromatic nitrogens is 2. The predicted octanol–water partition coefficient (Wildman–Crippen LogP) is 1.78. The highest BCUT2D eigenvalue weighted by Crippen LogP contribution is 2.28. The summed E-state index contributed by atoms with van der Waals surface area (Å²) in [5.41, 5.74) is 0. The third-order valence-electron chi connectivity index (χ3n) is 2.16. The fourth-order valence-corrected chi connectivity index (χ4v) is 2.62. The van der Waals surface area contributed by atoms with Gasteiger partial charge in [0, 0.05) is 0 Å². The van der Waals surface area contributed by atoms with Gasteiger partial charge in [0.05, 0.1) is 5.39 Å². The molecule has 3 rings (SSSR count). The fourth-order valence-electron chi connectivity index (χ4n) is 1.55. The zero-order valence-electron chi connectivity index (χ0n) is 6.98. The van der Waals surface area contributed by atoms with Crippen LogP contribution in [0.3, 0.4) is 0 Å². The lowest BCUT2D eigenvalue weighted by Gasteiger charge is -2.01. The van der Waals surface area contributed by atoms with Crippen molar-refractivity contribution in [1.82, 2.24) is 9.55 Å². The number of anilines is 1. The van der Waals surface area contributed by atoms with E-state index in [1.807, 2.05) is 11.4 Å². The number of rotatable bonds is 0. The third-order valence-corrected chi connectivity index (χ3v) is 3.28. The number of fused-ring (bicyclic) bond motifs is 3. The maximum absolute atomic E-state index is 11.2. The van der Waals surface area contributed by atoms with Crippen molar-refractivity contribution in [3.8, 4) is 0 Å². The minimum absolute atomic E-state index is 0.0309. The van der Waals surface area contributed by atoms with Crippen molar-refractivity contribution in [3.63, 3.8) is 0 Å². The number of nitrogens with one attached hydrogen (secondary N) is 1. The smallest absolute Gasteiger partial charge is 0.245 e. The molecule has 70 valence electrons. The summed E-state index contributed by atoms with van der Waals surface area (Å²) in [6.45, 7) is 0.285. The first kappa shape index (κ1) is 8.07. The molecule has 0 spiro atoms. The van der Waals surface area contributed by atoms with Gasteiger partial charge in [-0.3, -0.25) is 9.36 Å². The molecule has 2 aromatic rings. The second kappa shape index (κ2) is 2.61. The van der Waals surface area contributed by atoms with E-state index in [1.165, 1.54) is 11.3 Å². The number of amides is 1. The Bertz CT molecular complexity index is 598. The number of thiophene rings is 1. The summed E-state index contributed by atoms with van der Waals surface area (Å²) in [5, 5.41) is 5.70. The van der Waals surface area contributed by atoms with Crippen molar-refractivity contribution in [3.05, 3.63) is 16.2 Å². The summed E-state index contributed by atoms with van der Waals surface area (Å²) in [5.74, 6) is 0.753. The number of carbonyl (C=O) groups is 1. The fraction of sp³-hybridized carbons (Fsp3) is 0.125. The zero-order valence-corrected chi connectivity index (χ0v) is 8.61. The van der Waals surface area contributed by atoms with Gasteiger partial charge in [0.2, 0.25) is 10.7 Å². The van der Waals surface area contributed by atoms with Gasteiger partial charge in [-0.25, -0.2) is 4.98 Å². The second-order valence-corrected chi connectivity index (χ2v) is 4.28. The van der Waals surface area contributed by atoms with E-state index in [4.69, 9.17) is 12.2 Å². The molecule has 0 radical (unpaired) electrons. The average molecular weight is 223 g/mol. The van der Waals surface area contributed by atoms with Crippen LogP contribution in [0.15, 0.2) is 11.4 Å². The molecule has 1 aliphatic rings.